The first-order valence-electron chi connectivity index (χ1n) is 8.02. The number of nitrogens with zero attached hydrogens (tertiary/aromatic N) is 1. The first-order chi connectivity index (χ1) is 12.9. The predicted molar refractivity (Wildman–Crippen MR) is 101 cm³/mol. The van der Waals surface area contributed by atoms with Gasteiger partial charge in [-0.25, -0.2) is 14.6 Å². The molecule has 0 unspecified atom stereocenters. The van der Waals surface area contributed by atoms with Gasteiger partial charge in [0.25, 0.3) is 0 Å². The van der Waals surface area contributed by atoms with E-state index in [-0.39, 0.29) is 12.6 Å². The molecule has 0 radical (unpaired) electrons. The van der Waals surface area contributed by atoms with E-state index < -0.39 is 6.09 Å². The summed E-state index contributed by atoms with van der Waals surface area (Å²) in [6, 6.07) is 11.4. The van der Waals surface area contributed by atoms with Crippen molar-refractivity contribution in [3.63, 3.8) is 0 Å². The van der Waals surface area contributed by atoms with E-state index in [1.165, 1.54) is 5.01 Å². The zero-order valence-corrected chi connectivity index (χ0v) is 15.3. The van der Waals surface area contributed by atoms with Gasteiger partial charge in [-0.05, 0) is 42.5 Å². The minimum atomic E-state index is -1.14. The van der Waals surface area contributed by atoms with Crippen molar-refractivity contribution >= 4 is 23.5 Å². The van der Waals surface area contributed by atoms with E-state index in [1.807, 2.05) is 0 Å². The summed E-state index contributed by atoms with van der Waals surface area (Å²) in [7, 11) is 4.97. The number of methoxy groups -OCH3 is 1. The topological polar surface area (TPSA) is 112 Å². The summed E-state index contributed by atoms with van der Waals surface area (Å²) in [5, 5.41) is 15.3. The molecule has 3 amide bonds. The van der Waals surface area contributed by atoms with Crippen LogP contribution in [-0.4, -0.2) is 43.4 Å². The van der Waals surface area contributed by atoms with Crippen LogP contribution in [0.25, 0.3) is 0 Å². The molecule has 0 spiro atoms. The third kappa shape index (κ3) is 6.49. The maximum absolute atomic E-state index is 11.7. The monoisotopic (exact) mass is 374 g/mol. The summed E-state index contributed by atoms with van der Waals surface area (Å²) >= 11 is 0. The molecule has 4 N–H and O–H groups in total. The van der Waals surface area contributed by atoms with E-state index in [4.69, 9.17) is 14.6 Å². The molecule has 0 bridgehead atoms. The van der Waals surface area contributed by atoms with Gasteiger partial charge in [0.15, 0.2) is 0 Å². The Labute approximate surface area is 156 Å². The highest BCUT2D eigenvalue weighted by Gasteiger charge is 2.09. The molecular weight excluding hydrogens is 352 g/mol. The van der Waals surface area contributed by atoms with Crippen molar-refractivity contribution in [1.82, 2.24) is 10.4 Å². The van der Waals surface area contributed by atoms with Crippen molar-refractivity contribution in [3.8, 4) is 11.5 Å². The lowest BCUT2D eigenvalue weighted by molar-refractivity contribution is 0.182. The van der Waals surface area contributed by atoms with Crippen molar-refractivity contribution in [2.45, 2.75) is 6.61 Å². The summed E-state index contributed by atoms with van der Waals surface area (Å²) in [6.07, 6.45) is -1.14. The highest BCUT2D eigenvalue weighted by molar-refractivity contribution is 5.88. The van der Waals surface area contributed by atoms with E-state index in [1.54, 1.807) is 63.7 Å². The number of anilines is 2. The van der Waals surface area contributed by atoms with E-state index in [0.29, 0.717) is 28.4 Å². The molecule has 0 aliphatic carbocycles. The minimum Gasteiger partial charge on any atom is -0.465 e. The number of carbonyl (C=O) groups excluding carboxylic acids is 1. The zero-order chi connectivity index (χ0) is 19.8. The standard InChI is InChI=1S/C18H22N4O5/c1-22(2)21-17(23)19-13-4-7-15(8-5-13)27-16-9-6-14(20-18(24)25)10-12(16)11-26-3/h4-10,20H,11H2,1-3H3,(H,24,25)(H2,19,21,23). The molecule has 9 heteroatoms. The SMILES string of the molecule is COCc1cc(NC(=O)O)ccc1Oc1ccc(NC(=O)NN(C)C)cc1. The van der Waals surface area contributed by atoms with Crippen LogP contribution >= 0.6 is 0 Å². The van der Waals surface area contributed by atoms with E-state index >= 15 is 0 Å². The highest BCUT2D eigenvalue weighted by atomic mass is 16.5. The Hall–Kier alpha value is -3.30. The summed E-state index contributed by atoms with van der Waals surface area (Å²) in [5.74, 6) is 1.10. The van der Waals surface area contributed by atoms with Crippen LogP contribution < -0.4 is 20.8 Å². The van der Waals surface area contributed by atoms with Gasteiger partial charge in [-0.15, -0.1) is 0 Å². The van der Waals surface area contributed by atoms with E-state index in [9.17, 15) is 9.59 Å². The number of carboxylic acid groups (broad SMARTS) is 1. The molecule has 0 saturated carbocycles. The normalized spacial score (nSPS) is 10.4. The number of nitrogens with one attached hydrogen (secondary N) is 3. The second-order valence-electron chi connectivity index (χ2n) is 5.77. The fraction of sp³-hybridized carbons (Fsp3) is 0.222. The number of hydrogen-bond acceptors (Lipinski definition) is 5. The zero-order valence-electron chi connectivity index (χ0n) is 15.3. The maximum Gasteiger partial charge on any atom is 0.409 e. The average Bonchev–Trinajstić information content (AvgIpc) is 2.58. The predicted octanol–water partition coefficient (Wildman–Crippen LogP) is 3.31. The lowest BCUT2D eigenvalue weighted by Crippen LogP contribution is -2.39. The van der Waals surface area contributed by atoms with Gasteiger partial charge in [0.05, 0.1) is 6.61 Å². The molecule has 2 rings (SSSR count). The van der Waals surface area contributed by atoms with Crippen LogP contribution in [0.4, 0.5) is 21.0 Å². The fourth-order valence-corrected chi connectivity index (χ4v) is 2.24. The Bertz CT molecular complexity index is 793. The molecule has 9 nitrogen and oxygen atoms in total. The number of hydrazine groups is 1. The van der Waals surface area contributed by atoms with Gasteiger partial charge in [-0.1, -0.05) is 0 Å². The molecule has 0 aliphatic rings. The Morgan fingerprint density at radius 2 is 1.70 bits per heavy atom. The van der Waals surface area contributed by atoms with Crippen molar-refractivity contribution in [1.29, 1.82) is 0 Å². The first kappa shape index (κ1) is 20.0. The number of amides is 3. The van der Waals surface area contributed by atoms with Gasteiger partial charge >= 0.3 is 12.1 Å². The van der Waals surface area contributed by atoms with Gasteiger partial charge in [0.1, 0.15) is 11.5 Å². The number of hydrogen-bond donors (Lipinski definition) is 4. The van der Waals surface area contributed by atoms with Crippen LogP contribution in [0.3, 0.4) is 0 Å². The fourth-order valence-electron chi connectivity index (χ4n) is 2.24. The van der Waals surface area contributed by atoms with E-state index in [0.717, 1.165) is 0 Å². The molecule has 2 aromatic carbocycles. The number of ether oxygens (including phenoxy) is 2. The summed E-state index contributed by atoms with van der Waals surface area (Å²) in [6.45, 7) is 0.259. The van der Waals surface area contributed by atoms with Crippen LogP contribution in [0.2, 0.25) is 0 Å². The van der Waals surface area contributed by atoms with Crippen molar-refractivity contribution < 1.29 is 24.2 Å². The van der Waals surface area contributed by atoms with Crippen LogP contribution in [0.5, 0.6) is 11.5 Å². The largest absolute Gasteiger partial charge is 0.465 e. The minimum absolute atomic E-state index is 0.259. The quantitative estimate of drug-likeness (QED) is 0.553. The van der Waals surface area contributed by atoms with Gasteiger partial charge in [-0.3, -0.25) is 10.7 Å². The molecule has 2 aromatic rings. The summed E-state index contributed by atoms with van der Waals surface area (Å²) in [5.41, 5.74) is 4.30. The van der Waals surface area contributed by atoms with Crippen molar-refractivity contribution in [2.75, 3.05) is 31.8 Å². The number of benzene rings is 2. The Morgan fingerprint density at radius 3 is 2.30 bits per heavy atom. The molecule has 0 heterocycles. The van der Waals surface area contributed by atoms with Crippen LogP contribution in [0.1, 0.15) is 5.56 Å². The maximum atomic E-state index is 11.7. The third-order valence-corrected chi connectivity index (χ3v) is 3.28. The van der Waals surface area contributed by atoms with Crippen LogP contribution in [0, 0.1) is 0 Å². The molecule has 0 aliphatic heterocycles. The number of rotatable bonds is 7. The second kappa shape index (κ2) is 9.41. The van der Waals surface area contributed by atoms with Gasteiger partial charge in [-0.2, -0.15) is 0 Å². The van der Waals surface area contributed by atoms with Crippen molar-refractivity contribution in [2.24, 2.45) is 0 Å². The molecular formula is C18H22N4O5. The average molecular weight is 374 g/mol. The smallest absolute Gasteiger partial charge is 0.409 e. The number of carbonyl (C=O) groups is 2. The molecule has 0 atom stereocenters. The Kier molecular flexibility index (Phi) is 6.98. The van der Waals surface area contributed by atoms with Gasteiger partial charge in [0.2, 0.25) is 0 Å². The van der Waals surface area contributed by atoms with Crippen molar-refractivity contribution in [3.05, 3.63) is 48.0 Å². The second-order valence-corrected chi connectivity index (χ2v) is 5.77. The van der Waals surface area contributed by atoms with Gasteiger partial charge in [0, 0.05) is 38.1 Å². The van der Waals surface area contributed by atoms with Gasteiger partial charge < -0.3 is 19.9 Å². The lowest BCUT2D eigenvalue weighted by atomic mass is 10.2. The Balaban J connectivity index is 2.09. The summed E-state index contributed by atoms with van der Waals surface area (Å²) < 4.78 is 11.0. The highest BCUT2D eigenvalue weighted by Crippen LogP contribution is 2.29. The van der Waals surface area contributed by atoms with E-state index in [2.05, 4.69) is 16.1 Å². The molecule has 0 fully saturated rings. The van der Waals surface area contributed by atoms with Crippen LogP contribution in [0.15, 0.2) is 42.5 Å². The lowest BCUT2D eigenvalue weighted by Gasteiger charge is -2.14. The Morgan fingerprint density at radius 1 is 1.04 bits per heavy atom. The molecule has 0 aromatic heterocycles. The first-order valence-corrected chi connectivity index (χ1v) is 8.02. The molecule has 0 saturated heterocycles. The van der Waals surface area contributed by atoms with Crippen LogP contribution in [-0.2, 0) is 11.3 Å². The number of urea groups is 1. The summed E-state index contributed by atoms with van der Waals surface area (Å²) in [4.78, 5) is 22.4. The molecule has 144 valence electrons. The molecule has 27 heavy (non-hydrogen) atoms. The third-order valence-electron chi connectivity index (χ3n) is 3.28.